The largest absolute Gasteiger partial charge is 0.426 e. The molecule has 0 saturated heterocycles. The van der Waals surface area contributed by atoms with Crippen molar-refractivity contribution in [3.05, 3.63) is 47.1 Å². The van der Waals surface area contributed by atoms with Gasteiger partial charge in [0.2, 0.25) is 0 Å². The average molecular weight is 371 g/mol. The monoisotopic (exact) mass is 370 g/mol. The van der Waals surface area contributed by atoms with Crippen LogP contribution in [0.4, 0.5) is 0 Å². The number of benzene rings is 1. The van der Waals surface area contributed by atoms with Crippen molar-refractivity contribution >= 4 is 11.5 Å². The summed E-state index contributed by atoms with van der Waals surface area (Å²) in [4.78, 5) is 11.6. The van der Waals surface area contributed by atoms with E-state index in [0.29, 0.717) is 11.7 Å². The maximum atomic E-state index is 11.6. The molecule has 148 valence electrons. The number of rotatable bonds is 4. The highest BCUT2D eigenvalue weighted by Gasteiger charge is 2.28. The molecule has 0 amide bonds. The van der Waals surface area contributed by atoms with Gasteiger partial charge in [0.25, 0.3) is 0 Å². The predicted molar refractivity (Wildman–Crippen MR) is 112 cm³/mol. The second-order valence-electron chi connectivity index (χ2n) is 9.37. The molecule has 1 aromatic carbocycles. The van der Waals surface area contributed by atoms with Crippen LogP contribution in [0.3, 0.4) is 0 Å². The van der Waals surface area contributed by atoms with E-state index >= 15 is 0 Å². The molecule has 1 aromatic rings. The Morgan fingerprint density at radius 2 is 1.89 bits per heavy atom. The van der Waals surface area contributed by atoms with Gasteiger partial charge in [-0.1, -0.05) is 38.5 Å². The van der Waals surface area contributed by atoms with Gasteiger partial charge in [0.1, 0.15) is 5.75 Å². The lowest BCUT2D eigenvalue weighted by Gasteiger charge is -2.34. The molecule has 0 aromatic heterocycles. The van der Waals surface area contributed by atoms with Crippen LogP contribution in [0.5, 0.6) is 5.75 Å². The number of ether oxygens (including phenoxy) is 1. The average Bonchev–Trinajstić information content (AvgIpc) is 2.52. The van der Waals surface area contributed by atoms with Crippen molar-refractivity contribution in [2.75, 3.05) is 0 Å². The summed E-state index contributed by atoms with van der Waals surface area (Å²) in [7, 11) is 0. The second-order valence-corrected chi connectivity index (χ2v) is 9.37. The van der Waals surface area contributed by atoms with Gasteiger partial charge in [-0.2, -0.15) is 0 Å². The molecule has 0 spiro atoms. The molecular weight excluding hydrogens is 336 g/mol. The molecule has 1 atom stereocenters. The zero-order valence-corrected chi connectivity index (χ0v) is 17.8. The summed E-state index contributed by atoms with van der Waals surface area (Å²) >= 11 is 0. The molecule has 27 heavy (non-hydrogen) atoms. The third kappa shape index (κ3) is 6.07. The van der Waals surface area contributed by atoms with E-state index in [1.807, 2.05) is 31.2 Å². The molecule has 3 nitrogen and oxygen atoms in total. The van der Waals surface area contributed by atoms with E-state index in [1.54, 1.807) is 13.8 Å². The van der Waals surface area contributed by atoms with Crippen LogP contribution in [0.1, 0.15) is 71.9 Å². The van der Waals surface area contributed by atoms with E-state index in [1.165, 1.54) is 12.5 Å². The molecule has 1 unspecified atom stereocenters. The van der Waals surface area contributed by atoms with E-state index in [-0.39, 0.29) is 11.4 Å². The van der Waals surface area contributed by atoms with Gasteiger partial charge >= 0.3 is 5.97 Å². The number of aliphatic hydroxyl groups is 1. The molecule has 0 heterocycles. The molecule has 0 fully saturated rings. The first-order valence-corrected chi connectivity index (χ1v) is 9.81. The molecule has 0 saturated carbocycles. The lowest BCUT2D eigenvalue weighted by Crippen LogP contribution is -2.23. The van der Waals surface area contributed by atoms with Gasteiger partial charge in [0.05, 0.1) is 5.60 Å². The standard InChI is InChI=1S/C24H34O3/c1-16-8-13-22(27-17(2)25)20(14-16)21(15-24(6,7)26)18-9-11-19(12-10-18)23(3,4)5/h8-9,13-15,19,26H,10-12H2,1-7H3/b21-15+. The Hall–Kier alpha value is -1.87. The van der Waals surface area contributed by atoms with Crippen LogP contribution in [0, 0.1) is 18.3 Å². The molecule has 1 aliphatic rings. The SMILES string of the molecule is CC(=O)Oc1ccc(C)cc1/C(=C/C(C)(C)O)C1=CCC(C(C)(C)C)CC1. The van der Waals surface area contributed by atoms with Crippen LogP contribution in [0.25, 0.3) is 5.57 Å². The first kappa shape index (κ1) is 21.4. The third-order valence-corrected chi connectivity index (χ3v) is 5.16. The van der Waals surface area contributed by atoms with Crippen LogP contribution in [0.2, 0.25) is 0 Å². The van der Waals surface area contributed by atoms with Crippen molar-refractivity contribution in [3.63, 3.8) is 0 Å². The van der Waals surface area contributed by atoms with E-state index in [4.69, 9.17) is 4.74 Å². The van der Waals surface area contributed by atoms with Crippen molar-refractivity contribution in [1.29, 1.82) is 0 Å². The Balaban J connectivity index is 2.53. The first-order valence-electron chi connectivity index (χ1n) is 9.81. The Morgan fingerprint density at radius 1 is 1.22 bits per heavy atom. The van der Waals surface area contributed by atoms with Crippen LogP contribution in [-0.2, 0) is 4.79 Å². The summed E-state index contributed by atoms with van der Waals surface area (Å²) in [6.07, 6.45) is 7.29. The zero-order valence-electron chi connectivity index (χ0n) is 17.8. The quantitative estimate of drug-likeness (QED) is 0.534. The summed E-state index contributed by atoms with van der Waals surface area (Å²) < 4.78 is 5.47. The Labute approximate surface area is 164 Å². The van der Waals surface area contributed by atoms with Crippen molar-refractivity contribution < 1.29 is 14.6 Å². The highest BCUT2D eigenvalue weighted by molar-refractivity contribution is 5.84. The fraction of sp³-hybridized carbons (Fsp3) is 0.542. The molecule has 3 heteroatoms. The van der Waals surface area contributed by atoms with Crippen LogP contribution in [-0.4, -0.2) is 16.7 Å². The van der Waals surface area contributed by atoms with E-state index in [2.05, 4.69) is 26.8 Å². The number of esters is 1. The van der Waals surface area contributed by atoms with Crippen LogP contribution in [0.15, 0.2) is 35.9 Å². The molecular formula is C24H34O3. The molecule has 1 N–H and O–H groups in total. The van der Waals surface area contributed by atoms with Gasteiger partial charge in [-0.25, -0.2) is 0 Å². The van der Waals surface area contributed by atoms with E-state index in [9.17, 15) is 9.90 Å². The highest BCUT2D eigenvalue weighted by atomic mass is 16.5. The van der Waals surface area contributed by atoms with Gasteiger partial charge in [-0.3, -0.25) is 4.79 Å². The fourth-order valence-electron chi connectivity index (χ4n) is 3.66. The maximum Gasteiger partial charge on any atom is 0.308 e. The number of aryl methyl sites for hydroxylation is 1. The summed E-state index contributed by atoms with van der Waals surface area (Å²) in [5.41, 5.74) is 3.47. The van der Waals surface area contributed by atoms with Gasteiger partial charge in [0, 0.05) is 12.5 Å². The molecule has 2 rings (SSSR count). The first-order chi connectivity index (χ1) is 12.4. The third-order valence-electron chi connectivity index (χ3n) is 5.16. The number of carbonyl (C=O) groups is 1. The van der Waals surface area contributed by atoms with Crippen LogP contribution >= 0.6 is 0 Å². The predicted octanol–water partition coefficient (Wildman–Crippen LogP) is 5.85. The van der Waals surface area contributed by atoms with Gasteiger partial charge < -0.3 is 9.84 Å². The van der Waals surface area contributed by atoms with Crippen molar-refractivity contribution in [3.8, 4) is 5.75 Å². The second kappa shape index (κ2) is 8.02. The number of hydrogen-bond donors (Lipinski definition) is 1. The van der Waals surface area contributed by atoms with Crippen LogP contribution < -0.4 is 4.74 Å². The minimum absolute atomic E-state index is 0.286. The molecule has 0 aliphatic heterocycles. The smallest absolute Gasteiger partial charge is 0.308 e. The number of allylic oxidation sites excluding steroid dienone is 3. The maximum absolute atomic E-state index is 11.6. The normalized spacial score (nSPS) is 18.9. The molecule has 0 radical (unpaired) electrons. The molecule has 0 bridgehead atoms. The van der Waals surface area contributed by atoms with Gasteiger partial charge in [-0.15, -0.1) is 0 Å². The zero-order chi connectivity index (χ0) is 20.4. The summed E-state index contributed by atoms with van der Waals surface area (Å²) in [5.74, 6) is 0.852. The summed E-state index contributed by atoms with van der Waals surface area (Å²) in [6, 6.07) is 5.81. The Kier molecular flexibility index (Phi) is 6.36. The van der Waals surface area contributed by atoms with Crippen molar-refractivity contribution in [1.82, 2.24) is 0 Å². The van der Waals surface area contributed by atoms with E-state index in [0.717, 1.165) is 36.0 Å². The number of carbonyl (C=O) groups excluding carboxylic acids is 1. The summed E-state index contributed by atoms with van der Waals surface area (Å²) in [6.45, 7) is 13.9. The van der Waals surface area contributed by atoms with Gasteiger partial charge in [0.15, 0.2) is 0 Å². The Morgan fingerprint density at radius 3 is 2.37 bits per heavy atom. The highest BCUT2D eigenvalue weighted by Crippen LogP contribution is 2.42. The number of hydrogen-bond acceptors (Lipinski definition) is 3. The Bertz CT molecular complexity index is 755. The minimum Gasteiger partial charge on any atom is -0.426 e. The lowest BCUT2D eigenvalue weighted by molar-refractivity contribution is -0.131. The van der Waals surface area contributed by atoms with Gasteiger partial charge in [-0.05, 0) is 80.7 Å². The van der Waals surface area contributed by atoms with E-state index < -0.39 is 5.60 Å². The minimum atomic E-state index is -0.964. The fourth-order valence-corrected chi connectivity index (χ4v) is 3.66. The van der Waals surface area contributed by atoms with Crippen molar-refractivity contribution in [2.24, 2.45) is 11.3 Å². The topological polar surface area (TPSA) is 46.5 Å². The molecule has 1 aliphatic carbocycles. The lowest BCUT2D eigenvalue weighted by atomic mass is 9.71. The summed E-state index contributed by atoms with van der Waals surface area (Å²) in [5, 5.41) is 10.5. The van der Waals surface area contributed by atoms with Crippen molar-refractivity contribution in [2.45, 2.75) is 73.3 Å².